The topological polar surface area (TPSA) is 22.8 Å². The third kappa shape index (κ3) is 2.21. The van der Waals surface area contributed by atoms with Gasteiger partial charge in [0.15, 0.2) is 0 Å². The Hall–Kier alpha value is -1.51. The minimum absolute atomic E-state index is 1.04. The van der Waals surface area contributed by atoms with Crippen LogP contribution in [0.3, 0.4) is 0 Å². The quantitative estimate of drug-likeness (QED) is 0.694. The highest BCUT2D eigenvalue weighted by Crippen LogP contribution is 1.96. The number of hydrogen-bond donors (Lipinski definition) is 0. The van der Waals surface area contributed by atoms with Gasteiger partial charge in [-0.25, -0.2) is 4.98 Å². The molecular weight excluding hydrogens is 162 g/mol. The first-order valence-corrected chi connectivity index (χ1v) is 4.51. The van der Waals surface area contributed by atoms with Crippen molar-refractivity contribution in [1.29, 1.82) is 0 Å². The number of rotatable bonds is 4. The van der Waals surface area contributed by atoms with Gasteiger partial charge in [0.25, 0.3) is 0 Å². The van der Waals surface area contributed by atoms with E-state index in [0.717, 1.165) is 19.5 Å². The van der Waals surface area contributed by atoms with Gasteiger partial charge in [0.05, 0.1) is 6.33 Å². The molecule has 2 aromatic heterocycles. The van der Waals surface area contributed by atoms with Crippen molar-refractivity contribution in [3.05, 3.63) is 43.2 Å². The highest BCUT2D eigenvalue weighted by Gasteiger charge is 1.91. The summed E-state index contributed by atoms with van der Waals surface area (Å²) in [5.74, 6) is 0. The summed E-state index contributed by atoms with van der Waals surface area (Å²) >= 11 is 0. The van der Waals surface area contributed by atoms with Gasteiger partial charge < -0.3 is 9.13 Å². The van der Waals surface area contributed by atoms with Crippen LogP contribution in [-0.2, 0) is 13.1 Å². The lowest BCUT2D eigenvalue weighted by atomic mass is 10.4. The summed E-state index contributed by atoms with van der Waals surface area (Å²) in [6.45, 7) is 2.11. The van der Waals surface area contributed by atoms with Gasteiger partial charge in [-0.05, 0) is 18.6 Å². The van der Waals surface area contributed by atoms with Crippen LogP contribution in [-0.4, -0.2) is 14.1 Å². The molecule has 2 rings (SSSR count). The van der Waals surface area contributed by atoms with Crippen molar-refractivity contribution < 1.29 is 0 Å². The molecule has 68 valence electrons. The van der Waals surface area contributed by atoms with Crippen LogP contribution in [0.4, 0.5) is 0 Å². The molecular formula is C10H13N3. The second-order valence-corrected chi connectivity index (χ2v) is 3.07. The van der Waals surface area contributed by atoms with Gasteiger partial charge in [-0.2, -0.15) is 0 Å². The maximum atomic E-state index is 3.99. The standard InChI is InChI=1S/C10H13N3/c1-2-6-12(5-1)7-3-8-13-9-4-11-10-13/h1-2,4-6,9-10H,3,7-8H2. The molecule has 0 radical (unpaired) electrons. The van der Waals surface area contributed by atoms with Gasteiger partial charge in [0.1, 0.15) is 0 Å². The summed E-state index contributed by atoms with van der Waals surface area (Å²) in [4.78, 5) is 3.99. The molecule has 0 N–H and O–H groups in total. The van der Waals surface area contributed by atoms with E-state index in [4.69, 9.17) is 0 Å². The zero-order valence-corrected chi connectivity index (χ0v) is 7.50. The van der Waals surface area contributed by atoms with Crippen molar-refractivity contribution in [2.24, 2.45) is 0 Å². The average molecular weight is 175 g/mol. The van der Waals surface area contributed by atoms with Gasteiger partial charge in [-0.1, -0.05) is 0 Å². The van der Waals surface area contributed by atoms with Gasteiger partial charge >= 0.3 is 0 Å². The Kier molecular flexibility index (Phi) is 2.45. The minimum atomic E-state index is 1.04. The first-order chi connectivity index (χ1) is 6.45. The Bertz CT molecular complexity index is 287. The Morgan fingerprint density at radius 1 is 0.923 bits per heavy atom. The van der Waals surface area contributed by atoms with E-state index in [0.29, 0.717) is 0 Å². The highest BCUT2D eigenvalue weighted by molar-refractivity contribution is 4.90. The van der Waals surface area contributed by atoms with Gasteiger partial charge in [-0.15, -0.1) is 0 Å². The van der Waals surface area contributed by atoms with Crippen LogP contribution in [0.15, 0.2) is 43.2 Å². The summed E-state index contributed by atoms with van der Waals surface area (Å²) < 4.78 is 4.29. The van der Waals surface area contributed by atoms with E-state index in [1.807, 2.05) is 18.7 Å². The van der Waals surface area contributed by atoms with Crippen LogP contribution < -0.4 is 0 Å². The molecule has 2 aromatic rings. The molecule has 0 spiro atoms. The Labute approximate surface area is 77.6 Å². The number of nitrogens with zero attached hydrogens (tertiary/aromatic N) is 3. The van der Waals surface area contributed by atoms with E-state index < -0.39 is 0 Å². The van der Waals surface area contributed by atoms with Crippen LogP contribution in [0.2, 0.25) is 0 Å². The molecule has 0 saturated carbocycles. The van der Waals surface area contributed by atoms with Crippen molar-refractivity contribution >= 4 is 0 Å². The van der Waals surface area contributed by atoms with Crippen LogP contribution >= 0.6 is 0 Å². The third-order valence-electron chi connectivity index (χ3n) is 2.06. The van der Waals surface area contributed by atoms with E-state index >= 15 is 0 Å². The zero-order chi connectivity index (χ0) is 8.93. The summed E-state index contributed by atoms with van der Waals surface area (Å²) in [6, 6.07) is 4.11. The molecule has 3 nitrogen and oxygen atoms in total. The fraction of sp³-hybridized carbons (Fsp3) is 0.300. The van der Waals surface area contributed by atoms with Crippen molar-refractivity contribution in [3.63, 3.8) is 0 Å². The number of aromatic nitrogens is 3. The van der Waals surface area contributed by atoms with Crippen LogP contribution in [0.1, 0.15) is 6.42 Å². The molecule has 3 heteroatoms. The summed E-state index contributed by atoms with van der Waals surface area (Å²) in [5.41, 5.74) is 0. The number of hydrogen-bond acceptors (Lipinski definition) is 1. The Morgan fingerprint density at radius 2 is 1.69 bits per heavy atom. The molecule has 0 amide bonds. The largest absolute Gasteiger partial charge is 0.354 e. The molecule has 13 heavy (non-hydrogen) atoms. The maximum absolute atomic E-state index is 3.99. The lowest BCUT2D eigenvalue weighted by Gasteiger charge is -2.03. The average Bonchev–Trinajstić information content (AvgIpc) is 2.75. The van der Waals surface area contributed by atoms with E-state index in [2.05, 4.69) is 38.6 Å². The lowest BCUT2D eigenvalue weighted by Crippen LogP contribution is -2.00. The van der Waals surface area contributed by atoms with Crippen molar-refractivity contribution in [2.75, 3.05) is 0 Å². The molecule has 0 saturated heterocycles. The van der Waals surface area contributed by atoms with Gasteiger partial charge in [-0.3, -0.25) is 0 Å². The summed E-state index contributed by atoms with van der Waals surface area (Å²) in [7, 11) is 0. The number of aryl methyl sites for hydroxylation is 2. The van der Waals surface area contributed by atoms with E-state index in [1.54, 1.807) is 0 Å². The molecule has 0 aliphatic heterocycles. The molecule has 0 bridgehead atoms. The second kappa shape index (κ2) is 3.94. The van der Waals surface area contributed by atoms with Crippen LogP contribution in [0.5, 0.6) is 0 Å². The Balaban J connectivity index is 1.76. The molecule has 2 heterocycles. The van der Waals surface area contributed by atoms with Gasteiger partial charge in [0, 0.05) is 37.9 Å². The molecule has 0 fully saturated rings. The highest BCUT2D eigenvalue weighted by atomic mass is 15.0. The summed E-state index contributed by atoms with van der Waals surface area (Å²) in [6.07, 6.45) is 11.0. The Morgan fingerprint density at radius 3 is 2.38 bits per heavy atom. The van der Waals surface area contributed by atoms with E-state index in [-0.39, 0.29) is 0 Å². The molecule has 0 atom stereocenters. The predicted octanol–water partition coefficient (Wildman–Crippen LogP) is 1.77. The summed E-state index contributed by atoms with van der Waals surface area (Å²) in [5, 5.41) is 0. The molecule has 0 aliphatic carbocycles. The lowest BCUT2D eigenvalue weighted by molar-refractivity contribution is 0.565. The maximum Gasteiger partial charge on any atom is 0.0945 e. The normalized spacial score (nSPS) is 10.5. The molecule has 0 aromatic carbocycles. The number of imidazole rings is 1. The van der Waals surface area contributed by atoms with Gasteiger partial charge in [0.2, 0.25) is 0 Å². The van der Waals surface area contributed by atoms with Crippen molar-refractivity contribution in [3.8, 4) is 0 Å². The fourth-order valence-corrected chi connectivity index (χ4v) is 1.37. The third-order valence-corrected chi connectivity index (χ3v) is 2.06. The fourth-order valence-electron chi connectivity index (χ4n) is 1.37. The van der Waals surface area contributed by atoms with Crippen LogP contribution in [0.25, 0.3) is 0 Å². The predicted molar refractivity (Wildman–Crippen MR) is 51.3 cm³/mol. The van der Waals surface area contributed by atoms with Crippen molar-refractivity contribution in [2.45, 2.75) is 19.5 Å². The molecule has 0 aliphatic rings. The first-order valence-electron chi connectivity index (χ1n) is 4.51. The SMILES string of the molecule is c1ccn(CCCn2ccnc2)c1. The van der Waals surface area contributed by atoms with E-state index in [1.165, 1.54) is 0 Å². The smallest absolute Gasteiger partial charge is 0.0945 e. The first kappa shape index (κ1) is 8.10. The zero-order valence-electron chi connectivity index (χ0n) is 7.50. The minimum Gasteiger partial charge on any atom is -0.354 e. The van der Waals surface area contributed by atoms with Crippen molar-refractivity contribution in [1.82, 2.24) is 14.1 Å². The molecule has 0 unspecified atom stereocenters. The monoisotopic (exact) mass is 175 g/mol. The van der Waals surface area contributed by atoms with E-state index in [9.17, 15) is 0 Å². The van der Waals surface area contributed by atoms with Crippen LogP contribution in [0, 0.1) is 0 Å². The second-order valence-electron chi connectivity index (χ2n) is 3.07.